The monoisotopic (exact) mass is 1100 g/mol. The van der Waals surface area contributed by atoms with Gasteiger partial charge in [0.15, 0.2) is 0 Å². The van der Waals surface area contributed by atoms with Crippen LogP contribution in [0.25, 0.3) is 0 Å². The molecule has 1 fully saturated rings. The minimum atomic E-state index is -1.83. The number of carbonyl (C=O) groups excluding carboxylic acids is 11. The van der Waals surface area contributed by atoms with Gasteiger partial charge in [-0.15, -0.1) is 0 Å². The molecule has 0 bridgehead atoms. The average molecular weight is 1100 g/mol. The number of unbranched alkanes of at least 4 members (excludes halogenated alkanes) is 4. The summed E-state index contributed by atoms with van der Waals surface area (Å²) in [5, 5.41) is 46.3. The van der Waals surface area contributed by atoms with Crippen LogP contribution in [0.1, 0.15) is 117 Å². The maximum Gasteiger partial charge on any atom is 0.245 e. The first-order valence-electron chi connectivity index (χ1n) is 26.7. The second-order valence-electron chi connectivity index (χ2n) is 19.9. The Hall–Kier alpha value is -6.81. The Morgan fingerprint density at radius 1 is 0.628 bits per heavy atom. The van der Waals surface area contributed by atoms with E-state index in [4.69, 9.17) is 22.9 Å². The molecule has 0 aliphatic carbocycles. The molecule has 1 saturated heterocycles. The van der Waals surface area contributed by atoms with Gasteiger partial charge < -0.3 is 86.3 Å². The molecule has 11 atom stereocenters. The Kier molecular flexibility index (Phi) is 30.7. The second-order valence-corrected chi connectivity index (χ2v) is 19.9. The molecule has 27 heteroatoms. The largest absolute Gasteiger partial charge is 0.391 e. The molecule has 438 valence electrons. The number of benzene rings is 1. The number of carbonyl (C=O) groups is 11. The highest BCUT2D eigenvalue weighted by Gasteiger charge is 2.37. The lowest BCUT2D eigenvalue weighted by Gasteiger charge is -2.28. The number of hydrogen-bond acceptors (Lipinski definition) is 16. The summed E-state index contributed by atoms with van der Waals surface area (Å²) < 4.78 is 0. The van der Waals surface area contributed by atoms with Crippen molar-refractivity contribution in [2.75, 3.05) is 26.2 Å². The third-order valence-corrected chi connectivity index (χ3v) is 12.6. The Morgan fingerprint density at radius 3 is 1.64 bits per heavy atom. The summed E-state index contributed by atoms with van der Waals surface area (Å²) in [6.45, 7) is 7.04. The molecule has 0 spiro atoms. The molecule has 1 aliphatic heterocycles. The first kappa shape index (κ1) is 67.3. The van der Waals surface area contributed by atoms with Crippen molar-refractivity contribution in [1.29, 1.82) is 0 Å². The molecule has 0 unspecified atom stereocenters. The van der Waals surface area contributed by atoms with E-state index in [2.05, 4.69) is 53.2 Å². The van der Waals surface area contributed by atoms with Crippen LogP contribution in [-0.2, 0) is 59.2 Å². The fraction of sp³-hybridized carbons (Fsp3) is 0.667. The Bertz CT molecular complexity index is 2150. The van der Waals surface area contributed by atoms with E-state index in [-0.39, 0.29) is 64.1 Å². The third kappa shape index (κ3) is 24.2. The first-order chi connectivity index (χ1) is 37.0. The smallest absolute Gasteiger partial charge is 0.245 e. The lowest BCUT2D eigenvalue weighted by atomic mass is 10.00. The molecule has 27 nitrogen and oxygen atoms in total. The minimum absolute atomic E-state index is 0.0354. The molecule has 1 aliphatic rings. The van der Waals surface area contributed by atoms with Gasteiger partial charge in [0.1, 0.15) is 54.4 Å². The van der Waals surface area contributed by atoms with Gasteiger partial charge in [0.2, 0.25) is 65.0 Å². The fourth-order valence-corrected chi connectivity index (χ4v) is 8.29. The molecule has 0 radical (unpaired) electrons. The van der Waals surface area contributed by atoms with E-state index in [9.17, 15) is 63.0 Å². The first-order valence-corrected chi connectivity index (χ1v) is 26.7. The molecule has 20 N–H and O–H groups in total. The zero-order valence-electron chi connectivity index (χ0n) is 45.5. The van der Waals surface area contributed by atoms with Gasteiger partial charge in [-0.05, 0) is 83.5 Å². The summed E-state index contributed by atoms with van der Waals surface area (Å²) in [5.74, 6) is -10.6. The van der Waals surface area contributed by atoms with Crippen LogP contribution in [0.4, 0.5) is 0 Å². The Labute approximate surface area is 455 Å². The topological polar surface area (TPSA) is 453 Å². The van der Waals surface area contributed by atoms with Crippen molar-refractivity contribution in [3.63, 3.8) is 0 Å². The van der Waals surface area contributed by atoms with Gasteiger partial charge in [0, 0.05) is 19.4 Å². The van der Waals surface area contributed by atoms with Gasteiger partial charge in [0.05, 0.1) is 18.6 Å². The molecular formula is C51H86N14O13. The summed E-state index contributed by atoms with van der Waals surface area (Å²) >= 11 is 0. The van der Waals surface area contributed by atoms with E-state index in [0.717, 1.165) is 25.7 Å². The molecule has 1 aromatic rings. The van der Waals surface area contributed by atoms with Crippen molar-refractivity contribution >= 4 is 65.0 Å². The number of aliphatic hydroxyl groups is 2. The maximum atomic E-state index is 14.4. The predicted molar refractivity (Wildman–Crippen MR) is 286 cm³/mol. The van der Waals surface area contributed by atoms with Crippen LogP contribution in [-0.4, -0.2) is 168 Å². The van der Waals surface area contributed by atoms with Crippen LogP contribution in [0, 0.1) is 5.92 Å². The van der Waals surface area contributed by atoms with Crippen LogP contribution in [0.2, 0.25) is 0 Å². The summed E-state index contributed by atoms with van der Waals surface area (Å²) in [6, 6.07) is -5.34. The van der Waals surface area contributed by atoms with Crippen molar-refractivity contribution in [2.24, 2.45) is 28.9 Å². The number of primary amides is 1. The highest BCUT2D eigenvalue weighted by Crippen LogP contribution is 2.12. The van der Waals surface area contributed by atoms with Crippen molar-refractivity contribution in [1.82, 2.24) is 53.2 Å². The molecule has 0 saturated carbocycles. The molecule has 2 rings (SSSR count). The number of hydrogen-bond donors (Lipinski definition) is 16. The lowest BCUT2D eigenvalue weighted by molar-refractivity contribution is -0.137. The van der Waals surface area contributed by atoms with Crippen molar-refractivity contribution in [3.05, 3.63) is 35.9 Å². The molecule has 78 heavy (non-hydrogen) atoms. The SMILES string of the molecule is CCCCCCCC(=O)N[C@H](C(=O)N[C@@H](CC(N)=O)C(=O)N[C@H]1CCNC(=O)[C@H]([C@@H](C)O)NC(=O)[C@H](CCN)NC(=O)[C@H](CCN)NC(=O)[C@H](CC(C)C)NC(=O)[C@H](Cc2ccccc2)NC(=O)[C@H](CCN)NC1=O)[C@@H](C)O. The van der Waals surface area contributed by atoms with Crippen LogP contribution in [0.3, 0.4) is 0 Å². The number of amides is 11. The quantitative estimate of drug-likeness (QED) is 0.0409. The van der Waals surface area contributed by atoms with Crippen molar-refractivity contribution in [3.8, 4) is 0 Å². The summed E-state index contributed by atoms with van der Waals surface area (Å²) in [7, 11) is 0. The van der Waals surface area contributed by atoms with Gasteiger partial charge >= 0.3 is 0 Å². The van der Waals surface area contributed by atoms with Crippen LogP contribution >= 0.6 is 0 Å². The number of aliphatic hydroxyl groups excluding tert-OH is 2. The Morgan fingerprint density at radius 2 is 1.13 bits per heavy atom. The van der Waals surface area contributed by atoms with Crippen LogP contribution in [0.5, 0.6) is 0 Å². The van der Waals surface area contributed by atoms with E-state index >= 15 is 0 Å². The highest BCUT2D eigenvalue weighted by molar-refractivity contribution is 5.99. The van der Waals surface area contributed by atoms with Crippen molar-refractivity contribution < 1.29 is 63.0 Å². The van der Waals surface area contributed by atoms with Crippen molar-refractivity contribution in [2.45, 2.75) is 185 Å². The zero-order valence-corrected chi connectivity index (χ0v) is 45.5. The van der Waals surface area contributed by atoms with Crippen LogP contribution in [0.15, 0.2) is 30.3 Å². The molecule has 1 heterocycles. The third-order valence-electron chi connectivity index (χ3n) is 12.6. The standard InChI is InChI=1S/C51H86N14O13/c1-6-7-8-9-13-16-40(69)64-42(30(5)67)51(78)63-38(27-39(55)68)49(76)60-35-20-24-56-50(77)41(29(4)66)65-46(73)34(19-23-54)58-43(70)32(17-21-52)59-47(74)36(25-28(2)3)61-48(75)37(26-31-14-11-10-12-15-31)62-44(71)33(18-22-53)57-45(35)72/h10-12,14-15,28-30,32-38,41-42,66-67H,6-9,13,16-27,52-54H2,1-5H3,(H2,55,68)(H,56,77)(H,57,72)(H,58,70)(H,59,74)(H,60,76)(H,61,75)(H,62,71)(H,63,78)(H,64,69)(H,65,73)/t29-,30-,32+,33+,34+,35+,36+,37+,38+,41+,42+/m1/s1. The number of nitrogens with one attached hydrogen (secondary N) is 10. The van der Waals surface area contributed by atoms with E-state index in [0.29, 0.717) is 12.0 Å². The van der Waals surface area contributed by atoms with E-state index in [1.165, 1.54) is 13.8 Å². The van der Waals surface area contributed by atoms with Gasteiger partial charge in [-0.3, -0.25) is 52.7 Å². The molecule has 1 aromatic carbocycles. The summed E-state index contributed by atoms with van der Waals surface area (Å²) in [4.78, 5) is 151. The number of nitrogens with two attached hydrogens (primary N) is 4. The van der Waals surface area contributed by atoms with E-state index < -0.39 is 151 Å². The number of rotatable bonds is 25. The van der Waals surface area contributed by atoms with E-state index in [1.54, 1.807) is 44.2 Å². The second kappa shape index (κ2) is 35.6. The minimum Gasteiger partial charge on any atom is -0.391 e. The van der Waals surface area contributed by atoms with Gasteiger partial charge in [0.25, 0.3) is 0 Å². The van der Waals surface area contributed by atoms with E-state index in [1.807, 2.05) is 6.92 Å². The van der Waals surface area contributed by atoms with Crippen LogP contribution < -0.4 is 76.1 Å². The fourth-order valence-electron chi connectivity index (χ4n) is 8.29. The maximum absolute atomic E-state index is 14.4. The predicted octanol–water partition coefficient (Wildman–Crippen LogP) is -4.80. The molecule has 11 amide bonds. The zero-order chi connectivity index (χ0) is 58.5. The van der Waals surface area contributed by atoms with Gasteiger partial charge in [-0.2, -0.15) is 0 Å². The lowest BCUT2D eigenvalue weighted by Crippen LogP contribution is -2.61. The summed E-state index contributed by atoms with van der Waals surface area (Å²) in [6.07, 6.45) is -0.913. The Balaban J connectivity index is 2.73. The van der Waals surface area contributed by atoms with Gasteiger partial charge in [-0.25, -0.2) is 0 Å². The average Bonchev–Trinajstić information content (AvgIpc) is 3.37. The highest BCUT2D eigenvalue weighted by atomic mass is 16.3. The normalized spacial score (nSPS) is 23.1. The van der Waals surface area contributed by atoms with Gasteiger partial charge in [-0.1, -0.05) is 76.8 Å². The summed E-state index contributed by atoms with van der Waals surface area (Å²) in [5.41, 5.74) is 23.6. The molecular weight excluding hydrogens is 1020 g/mol. The molecule has 0 aromatic heterocycles.